The first kappa shape index (κ1) is 15.2. The van der Waals surface area contributed by atoms with Gasteiger partial charge >= 0.3 is 11.4 Å². The number of hydrogen-bond donors (Lipinski definition) is 2. The summed E-state index contributed by atoms with van der Waals surface area (Å²) in [6, 6.07) is 9.23. The quantitative estimate of drug-likeness (QED) is 0.813. The van der Waals surface area contributed by atoms with E-state index in [2.05, 4.69) is 10.1 Å². The fraction of sp³-hybridized carbons (Fsp3) is 0.273. The third-order valence-electron chi connectivity index (χ3n) is 1.48. The van der Waals surface area contributed by atoms with Gasteiger partial charge in [-0.3, -0.25) is 4.79 Å². The van der Waals surface area contributed by atoms with Crippen LogP contribution in [0.3, 0.4) is 0 Å². The van der Waals surface area contributed by atoms with Crippen LogP contribution in [0.4, 0.5) is 10.5 Å². The average molecular weight is 260 g/mol. The molecule has 17 heavy (non-hydrogen) atoms. The Morgan fingerprint density at radius 3 is 2.29 bits per heavy atom. The molecule has 1 aromatic carbocycles. The van der Waals surface area contributed by atoms with Crippen LogP contribution in [0.5, 0.6) is 0 Å². The number of anilines is 1. The number of aliphatic carboxylic acids is 1. The van der Waals surface area contributed by atoms with Gasteiger partial charge in [-0.05, 0) is 19.1 Å². The van der Waals surface area contributed by atoms with Gasteiger partial charge in [0, 0.05) is 17.3 Å². The van der Waals surface area contributed by atoms with Gasteiger partial charge in [-0.25, -0.2) is 4.79 Å². The van der Waals surface area contributed by atoms with Crippen LogP contribution in [0.15, 0.2) is 30.3 Å². The molecule has 0 bridgehead atoms. The number of rotatable bonds is 4. The molecule has 0 aromatic heterocycles. The van der Waals surface area contributed by atoms with E-state index in [-0.39, 0.29) is 6.54 Å². The second-order valence-corrected chi connectivity index (χ2v) is 3.09. The van der Waals surface area contributed by atoms with Crippen molar-refractivity contribution in [3.63, 3.8) is 0 Å². The number of carboxylic acids is 1. The summed E-state index contributed by atoms with van der Waals surface area (Å²) >= 11 is 4.72. The van der Waals surface area contributed by atoms with Gasteiger partial charge < -0.3 is 15.2 Å². The Morgan fingerprint density at radius 1 is 1.35 bits per heavy atom. The molecule has 2 N–H and O–H groups in total. The van der Waals surface area contributed by atoms with Gasteiger partial charge in [0.15, 0.2) is 0 Å². The molecule has 6 heteroatoms. The van der Waals surface area contributed by atoms with E-state index in [1.165, 1.54) is 0 Å². The van der Waals surface area contributed by atoms with Crippen LogP contribution in [-0.4, -0.2) is 29.7 Å². The van der Waals surface area contributed by atoms with Crippen molar-refractivity contribution in [2.75, 3.05) is 18.5 Å². The van der Waals surface area contributed by atoms with Crippen molar-refractivity contribution in [2.24, 2.45) is 0 Å². The van der Waals surface area contributed by atoms with E-state index in [1.54, 1.807) is 6.92 Å². The first-order valence-electron chi connectivity index (χ1n) is 4.89. The molecule has 0 saturated heterocycles. The molecule has 0 atom stereocenters. The van der Waals surface area contributed by atoms with E-state index in [0.29, 0.717) is 6.61 Å². The van der Waals surface area contributed by atoms with Gasteiger partial charge in [-0.1, -0.05) is 18.2 Å². The SMILES string of the molecule is CCOC(=O)Cl.O=C(O)CNc1ccccc1. The fourth-order valence-electron chi connectivity index (χ4n) is 0.847. The molecule has 0 amide bonds. The number of carbonyl (C=O) groups excluding carboxylic acids is 1. The zero-order valence-electron chi connectivity index (χ0n) is 9.35. The minimum atomic E-state index is -0.853. The molecule has 0 fully saturated rings. The number of ether oxygens (including phenoxy) is 1. The molecule has 0 radical (unpaired) electrons. The summed E-state index contributed by atoms with van der Waals surface area (Å²) in [4.78, 5) is 19.7. The summed E-state index contributed by atoms with van der Waals surface area (Å²) in [6.45, 7) is 2.01. The first-order valence-corrected chi connectivity index (χ1v) is 5.27. The minimum absolute atomic E-state index is 0.0377. The van der Waals surface area contributed by atoms with Gasteiger partial charge in [0.25, 0.3) is 0 Å². The molecule has 0 aliphatic carbocycles. The highest BCUT2D eigenvalue weighted by molar-refractivity contribution is 6.61. The van der Waals surface area contributed by atoms with Crippen molar-refractivity contribution in [1.82, 2.24) is 0 Å². The summed E-state index contributed by atoms with van der Waals surface area (Å²) in [7, 11) is 0. The molecule has 0 aliphatic heterocycles. The lowest BCUT2D eigenvalue weighted by molar-refractivity contribution is -0.134. The standard InChI is InChI=1S/C8H9NO2.C3H5ClO2/c10-8(11)6-9-7-4-2-1-3-5-7;1-2-6-3(4)5/h1-5,9H,6H2,(H,10,11);2H2,1H3. The largest absolute Gasteiger partial charge is 0.480 e. The van der Waals surface area contributed by atoms with E-state index >= 15 is 0 Å². The smallest absolute Gasteiger partial charge is 0.403 e. The van der Waals surface area contributed by atoms with Crippen molar-refractivity contribution in [2.45, 2.75) is 6.92 Å². The molecule has 94 valence electrons. The summed E-state index contributed by atoms with van der Waals surface area (Å²) in [6.07, 6.45) is 0. The fourth-order valence-corrected chi connectivity index (χ4v) is 0.956. The van der Waals surface area contributed by atoms with Crippen LogP contribution >= 0.6 is 11.6 Å². The van der Waals surface area contributed by atoms with Crippen molar-refractivity contribution in [3.05, 3.63) is 30.3 Å². The number of hydrogen-bond acceptors (Lipinski definition) is 4. The molecule has 1 aromatic rings. The van der Waals surface area contributed by atoms with Gasteiger partial charge in [0.1, 0.15) is 6.54 Å². The van der Waals surface area contributed by atoms with E-state index in [1.807, 2.05) is 30.3 Å². The third-order valence-corrected chi connectivity index (χ3v) is 1.58. The van der Waals surface area contributed by atoms with E-state index in [4.69, 9.17) is 16.7 Å². The predicted molar refractivity (Wildman–Crippen MR) is 65.4 cm³/mol. The highest BCUT2D eigenvalue weighted by Crippen LogP contribution is 2.03. The van der Waals surface area contributed by atoms with E-state index in [0.717, 1.165) is 5.69 Å². The highest BCUT2D eigenvalue weighted by Gasteiger charge is 1.94. The highest BCUT2D eigenvalue weighted by atomic mass is 35.5. The van der Waals surface area contributed by atoms with Crippen molar-refractivity contribution < 1.29 is 19.4 Å². The molecule has 0 unspecified atom stereocenters. The maximum Gasteiger partial charge on any atom is 0.403 e. The molecule has 0 aliphatic rings. The monoisotopic (exact) mass is 259 g/mol. The van der Waals surface area contributed by atoms with Gasteiger partial charge in [-0.2, -0.15) is 0 Å². The van der Waals surface area contributed by atoms with Crippen molar-refractivity contribution >= 4 is 28.7 Å². The number of nitrogens with one attached hydrogen (secondary N) is 1. The second-order valence-electron chi connectivity index (χ2n) is 2.78. The molecule has 0 heterocycles. The predicted octanol–water partition coefficient (Wildman–Crippen LogP) is 2.56. The Bertz CT molecular complexity index is 343. The molecule has 5 nitrogen and oxygen atoms in total. The van der Waals surface area contributed by atoms with Crippen LogP contribution in [0, 0.1) is 0 Å². The Balaban J connectivity index is 0.000000366. The second kappa shape index (κ2) is 9.47. The molecular weight excluding hydrogens is 246 g/mol. The molecule has 0 saturated carbocycles. The Labute approximate surface area is 104 Å². The summed E-state index contributed by atoms with van der Waals surface area (Å²) < 4.78 is 4.17. The lowest BCUT2D eigenvalue weighted by Gasteiger charge is -2.00. The molecule has 1 rings (SSSR count). The number of carboxylic acid groups (broad SMARTS) is 1. The summed E-state index contributed by atoms with van der Waals surface area (Å²) in [5.41, 5.74) is 0.0902. The Morgan fingerprint density at radius 2 is 1.94 bits per heavy atom. The van der Waals surface area contributed by atoms with Gasteiger partial charge in [-0.15, -0.1) is 0 Å². The average Bonchev–Trinajstić information content (AvgIpc) is 2.28. The lowest BCUT2D eigenvalue weighted by Crippen LogP contribution is -2.11. The summed E-state index contributed by atoms with van der Waals surface area (Å²) in [5.74, 6) is -0.853. The van der Waals surface area contributed by atoms with Crippen LogP contribution in [0.1, 0.15) is 6.92 Å². The minimum Gasteiger partial charge on any atom is -0.480 e. The zero-order valence-corrected chi connectivity index (χ0v) is 10.1. The number of benzene rings is 1. The topological polar surface area (TPSA) is 75.6 Å². The Kier molecular flexibility index (Phi) is 8.50. The molecule has 0 spiro atoms. The number of halogens is 1. The van der Waals surface area contributed by atoms with Gasteiger partial charge in [0.05, 0.1) is 6.61 Å². The van der Waals surface area contributed by atoms with Crippen molar-refractivity contribution in [3.8, 4) is 0 Å². The van der Waals surface area contributed by atoms with E-state index in [9.17, 15) is 9.59 Å². The maximum absolute atomic E-state index is 10.1. The van der Waals surface area contributed by atoms with Crippen LogP contribution in [-0.2, 0) is 9.53 Å². The van der Waals surface area contributed by atoms with Gasteiger partial charge in [0.2, 0.25) is 0 Å². The van der Waals surface area contributed by atoms with E-state index < -0.39 is 11.4 Å². The summed E-state index contributed by atoms with van der Waals surface area (Å²) in [5, 5.41) is 11.1. The van der Waals surface area contributed by atoms with Crippen LogP contribution in [0.25, 0.3) is 0 Å². The number of para-hydroxylation sites is 1. The molecular formula is C11H14ClNO4. The first-order chi connectivity index (χ1) is 8.06. The number of carbonyl (C=O) groups is 2. The lowest BCUT2D eigenvalue weighted by atomic mass is 10.3. The van der Waals surface area contributed by atoms with Crippen LogP contribution in [0.2, 0.25) is 0 Å². The zero-order chi connectivity index (χ0) is 13.1. The normalized spacial score (nSPS) is 8.59. The Hall–Kier alpha value is -1.75. The third kappa shape index (κ3) is 10.5. The van der Waals surface area contributed by atoms with Crippen molar-refractivity contribution in [1.29, 1.82) is 0 Å². The van der Waals surface area contributed by atoms with Crippen LogP contribution < -0.4 is 5.32 Å². The maximum atomic E-state index is 10.1.